The summed E-state index contributed by atoms with van der Waals surface area (Å²) >= 11 is 3.44. The number of nitrogens with zero attached hydrogens (tertiary/aromatic N) is 5. The van der Waals surface area contributed by atoms with Crippen molar-refractivity contribution in [3.63, 3.8) is 0 Å². The number of nitrogens with one attached hydrogen (secondary N) is 1. The molecular weight excluding hydrogens is 566 g/mol. The summed E-state index contributed by atoms with van der Waals surface area (Å²) in [6.45, 7) is -0.716. The van der Waals surface area contributed by atoms with Gasteiger partial charge in [0, 0.05) is 16.9 Å². The number of thioether (sulfide) groups is 2. The van der Waals surface area contributed by atoms with E-state index in [1.165, 1.54) is 24.3 Å². The number of nitrogens with two attached hydrogens (primary N) is 1. The highest BCUT2D eigenvalue weighted by atomic mass is 32.2. The fourth-order valence-electron chi connectivity index (χ4n) is 3.43. The number of thiazole rings is 1. The van der Waals surface area contributed by atoms with Crippen molar-refractivity contribution in [3.05, 3.63) is 28.2 Å². The molecule has 1 fully saturated rings. The van der Waals surface area contributed by atoms with Crippen LogP contribution in [0.5, 0.6) is 0 Å². The van der Waals surface area contributed by atoms with Gasteiger partial charge >= 0.3 is 11.9 Å². The highest BCUT2D eigenvalue weighted by molar-refractivity contribution is 8.01. The van der Waals surface area contributed by atoms with Gasteiger partial charge in [-0.1, -0.05) is 16.9 Å². The third-order valence-corrected chi connectivity index (χ3v) is 7.89. The third kappa shape index (κ3) is 5.90. The molecule has 0 saturated carbocycles. The predicted octanol–water partition coefficient (Wildman–Crippen LogP) is -0.409. The Labute approximate surface area is 225 Å². The quantitative estimate of drug-likeness (QED) is 0.107. The van der Waals surface area contributed by atoms with Gasteiger partial charge in [0.15, 0.2) is 10.8 Å². The van der Waals surface area contributed by atoms with Crippen LogP contribution in [0.2, 0.25) is 0 Å². The van der Waals surface area contributed by atoms with E-state index in [2.05, 4.69) is 25.7 Å². The van der Waals surface area contributed by atoms with Crippen LogP contribution in [0.1, 0.15) is 11.6 Å². The number of oxime groups is 1. The molecule has 2 aliphatic heterocycles. The van der Waals surface area contributed by atoms with Gasteiger partial charge in [-0.05, 0) is 5.57 Å². The van der Waals surface area contributed by atoms with Crippen LogP contribution in [0.4, 0.5) is 5.13 Å². The Bertz CT molecular complexity index is 1320. The number of ether oxygens (including phenoxy) is 1. The topological polar surface area (TPSA) is 233 Å². The lowest BCUT2D eigenvalue weighted by Gasteiger charge is -2.49. The van der Waals surface area contributed by atoms with Crippen LogP contribution in [0.15, 0.2) is 31.4 Å². The molecule has 0 bridgehead atoms. The van der Waals surface area contributed by atoms with E-state index < -0.39 is 41.8 Å². The monoisotopic (exact) mass is 585 g/mol. The predicted molar refractivity (Wildman–Crippen MR) is 132 cm³/mol. The van der Waals surface area contributed by atoms with E-state index in [4.69, 9.17) is 24.8 Å². The van der Waals surface area contributed by atoms with Gasteiger partial charge in [-0.2, -0.15) is 0 Å². The molecule has 4 heterocycles. The number of carbonyl (C=O) groups is 4. The second-order valence-electron chi connectivity index (χ2n) is 7.45. The summed E-state index contributed by atoms with van der Waals surface area (Å²) in [5.74, 6) is -3.30. The summed E-state index contributed by atoms with van der Waals surface area (Å²) in [5.41, 5.74) is 5.89. The Balaban J connectivity index is 1.41. The molecule has 2 atom stereocenters. The molecule has 0 aromatic carbocycles. The largest absolute Gasteiger partial charge is 0.480 e. The maximum absolute atomic E-state index is 12.9. The zero-order chi connectivity index (χ0) is 27.4. The first kappa shape index (κ1) is 27.4. The molecule has 19 heteroatoms. The summed E-state index contributed by atoms with van der Waals surface area (Å²) in [6, 6.07) is -0.988. The molecule has 2 aromatic rings. The zero-order valence-corrected chi connectivity index (χ0v) is 21.8. The zero-order valence-electron chi connectivity index (χ0n) is 19.4. The summed E-state index contributed by atoms with van der Waals surface area (Å²) in [7, 11) is 1.25. The standard InChI is InChI=1S/C19H19N7O9S3/c1-33-25-11(8-6-37-18(20)21-8)14(29)22-12-15(30)26-13(17(31)32)7(4-36-16(12)26)5-38-19-24-23-9(35-19)2-34-3-10(27)28/h6,12,16H,2-5H2,1H3,(H2,20,21)(H,22,29)(H,27,28)(H,31,32)/t12-,16+/m1/s1. The summed E-state index contributed by atoms with van der Waals surface area (Å²) in [4.78, 5) is 58.2. The summed E-state index contributed by atoms with van der Waals surface area (Å²) < 4.78 is 10.2. The molecule has 5 N–H and O–H groups in total. The van der Waals surface area contributed by atoms with E-state index in [-0.39, 0.29) is 51.5 Å². The molecule has 0 radical (unpaired) electrons. The number of amides is 2. The van der Waals surface area contributed by atoms with Crippen molar-refractivity contribution >= 4 is 69.5 Å². The van der Waals surface area contributed by atoms with E-state index in [0.717, 1.165) is 28.0 Å². The maximum atomic E-state index is 12.9. The number of nitrogen functional groups attached to an aromatic ring is 1. The third-order valence-electron chi connectivity index (χ3n) is 4.97. The molecular formula is C19H19N7O9S3. The minimum Gasteiger partial charge on any atom is -0.480 e. The number of carboxylic acid groups (broad SMARTS) is 2. The SMILES string of the molecule is CON=C(C(=O)N[C@@H]1C(=O)N2C(C(=O)O)=C(CSc3nnc(COCC(=O)O)o3)CS[C@@H]12)c1csc(N)n1. The Kier molecular flexibility index (Phi) is 8.49. The molecule has 2 amide bonds. The number of rotatable bonds is 12. The van der Waals surface area contributed by atoms with Crippen molar-refractivity contribution in [2.24, 2.45) is 5.16 Å². The molecule has 0 unspecified atom stereocenters. The number of carboxylic acids is 2. The fourth-order valence-corrected chi connectivity index (χ4v) is 6.24. The average molecular weight is 586 g/mol. The van der Waals surface area contributed by atoms with Crippen LogP contribution in [0.25, 0.3) is 0 Å². The number of hydrogen-bond donors (Lipinski definition) is 4. The number of fused-ring (bicyclic) bond motifs is 1. The maximum Gasteiger partial charge on any atom is 0.352 e. The fraction of sp³-hybridized carbons (Fsp3) is 0.368. The van der Waals surface area contributed by atoms with Crippen molar-refractivity contribution in [3.8, 4) is 0 Å². The molecule has 16 nitrogen and oxygen atoms in total. The van der Waals surface area contributed by atoms with Crippen molar-refractivity contribution in [2.45, 2.75) is 23.2 Å². The van der Waals surface area contributed by atoms with Crippen LogP contribution < -0.4 is 11.1 Å². The Morgan fingerprint density at radius 1 is 1.37 bits per heavy atom. The van der Waals surface area contributed by atoms with Gasteiger partial charge in [-0.15, -0.1) is 33.3 Å². The Morgan fingerprint density at radius 2 is 2.16 bits per heavy atom. The lowest BCUT2D eigenvalue weighted by Crippen LogP contribution is -2.71. The van der Waals surface area contributed by atoms with Crippen molar-refractivity contribution < 1.29 is 43.4 Å². The average Bonchev–Trinajstić information content (AvgIpc) is 3.52. The number of carbonyl (C=O) groups excluding carboxylic acids is 2. The minimum atomic E-state index is -1.29. The first-order chi connectivity index (χ1) is 18.2. The molecule has 2 aliphatic rings. The molecule has 2 aromatic heterocycles. The van der Waals surface area contributed by atoms with Crippen molar-refractivity contribution in [2.75, 3.05) is 31.0 Å². The van der Waals surface area contributed by atoms with Gasteiger partial charge in [0.05, 0.1) is 0 Å². The van der Waals surface area contributed by atoms with E-state index >= 15 is 0 Å². The van der Waals surface area contributed by atoms with Gasteiger partial charge < -0.3 is 35.3 Å². The molecule has 4 rings (SSSR count). The van der Waals surface area contributed by atoms with Crippen LogP contribution in [0.3, 0.4) is 0 Å². The number of aromatic nitrogens is 3. The summed E-state index contributed by atoms with van der Waals surface area (Å²) in [5, 5.41) is 33.5. The Morgan fingerprint density at radius 3 is 2.82 bits per heavy atom. The van der Waals surface area contributed by atoms with Crippen LogP contribution in [-0.2, 0) is 35.4 Å². The molecule has 38 heavy (non-hydrogen) atoms. The van der Waals surface area contributed by atoms with Crippen LogP contribution >= 0.6 is 34.9 Å². The molecule has 0 aliphatic carbocycles. The van der Waals surface area contributed by atoms with E-state index in [0.29, 0.717) is 5.57 Å². The molecule has 202 valence electrons. The molecule has 1 saturated heterocycles. The van der Waals surface area contributed by atoms with Gasteiger partial charge in [0.1, 0.15) is 43.1 Å². The number of β-lactam (4-membered cyclic amide) rings is 1. The number of hydrogen-bond acceptors (Lipinski definition) is 15. The van der Waals surface area contributed by atoms with Crippen molar-refractivity contribution in [1.29, 1.82) is 0 Å². The van der Waals surface area contributed by atoms with E-state index in [9.17, 15) is 24.3 Å². The lowest BCUT2D eigenvalue weighted by atomic mass is 10.0. The Hall–Kier alpha value is -3.68. The van der Waals surface area contributed by atoms with Gasteiger partial charge in [-0.3, -0.25) is 14.5 Å². The van der Waals surface area contributed by atoms with E-state index in [1.54, 1.807) is 0 Å². The minimum absolute atomic E-state index is 0.0625. The van der Waals surface area contributed by atoms with Crippen LogP contribution in [0, 0.1) is 0 Å². The second-order valence-corrected chi connectivity index (χ2v) is 10.4. The highest BCUT2D eigenvalue weighted by Crippen LogP contribution is 2.41. The number of anilines is 1. The second kappa shape index (κ2) is 11.8. The first-order valence-corrected chi connectivity index (χ1v) is 13.4. The first-order valence-electron chi connectivity index (χ1n) is 10.5. The van der Waals surface area contributed by atoms with Crippen molar-refractivity contribution in [1.82, 2.24) is 25.4 Å². The lowest BCUT2D eigenvalue weighted by molar-refractivity contribution is -0.150. The van der Waals surface area contributed by atoms with Gasteiger partial charge in [0.2, 0.25) is 5.89 Å². The summed E-state index contributed by atoms with van der Waals surface area (Å²) in [6.07, 6.45) is 0. The van der Waals surface area contributed by atoms with Gasteiger partial charge in [-0.25, -0.2) is 14.6 Å². The normalized spacial score (nSPS) is 19.1. The van der Waals surface area contributed by atoms with Gasteiger partial charge in [0.25, 0.3) is 17.0 Å². The highest BCUT2D eigenvalue weighted by Gasteiger charge is 2.54. The van der Waals surface area contributed by atoms with Crippen LogP contribution in [-0.4, -0.2) is 96.4 Å². The molecule has 0 spiro atoms. The smallest absolute Gasteiger partial charge is 0.352 e. The number of aliphatic carboxylic acids is 2. The van der Waals surface area contributed by atoms with E-state index in [1.807, 2.05) is 0 Å².